The number of hydrogen-bond acceptors (Lipinski definition) is 1. The summed E-state index contributed by atoms with van der Waals surface area (Å²) in [4.78, 5) is 0. The van der Waals surface area contributed by atoms with E-state index in [1.54, 1.807) is 6.07 Å². The first-order chi connectivity index (χ1) is 6.65. The van der Waals surface area contributed by atoms with Crippen molar-refractivity contribution in [3.8, 4) is 0 Å². The fourth-order valence-electron chi connectivity index (χ4n) is 2.17. The van der Waals surface area contributed by atoms with E-state index in [0.29, 0.717) is 5.92 Å². The van der Waals surface area contributed by atoms with Gasteiger partial charge in [-0.3, -0.25) is 0 Å². The summed E-state index contributed by atoms with van der Waals surface area (Å²) >= 11 is 0. The van der Waals surface area contributed by atoms with Crippen LogP contribution in [0.2, 0.25) is 0 Å². The van der Waals surface area contributed by atoms with Gasteiger partial charge in [0.2, 0.25) is 0 Å². The zero-order chi connectivity index (χ0) is 10.2. The molecule has 0 spiro atoms. The lowest BCUT2D eigenvalue weighted by Crippen LogP contribution is -2.11. The minimum atomic E-state index is -0.0867. The van der Waals surface area contributed by atoms with Gasteiger partial charge in [0, 0.05) is 0 Å². The second-order valence-electron chi connectivity index (χ2n) is 4.56. The van der Waals surface area contributed by atoms with Crippen LogP contribution in [-0.4, -0.2) is 6.54 Å². The molecule has 1 aliphatic rings. The predicted molar refractivity (Wildman–Crippen MR) is 55.4 cm³/mol. The third kappa shape index (κ3) is 1.67. The van der Waals surface area contributed by atoms with E-state index in [1.807, 2.05) is 12.1 Å². The van der Waals surface area contributed by atoms with Crippen molar-refractivity contribution in [2.24, 2.45) is 17.1 Å². The van der Waals surface area contributed by atoms with Crippen LogP contribution < -0.4 is 5.73 Å². The van der Waals surface area contributed by atoms with Crippen LogP contribution in [0.15, 0.2) is 24.3 Å². The van der Waals surface area contributed by atoms with Crippen molar-refractivity contribution in [3.63, 3.8) is 0 Å². The Morgan fingerprint density at radius 2 is 2.21 bits per heavy atom. The minimum Gasteiger partial charge on any atom is -0.330 e. The highest BCUT2D eigenvalue weighted by Crippen LogP contribution is 2.53. The Kier molecular flexibility index (Phi) is 2.31. The molecule has 1 fully saturated rings. The first-order valence-corrected chi connectivity index (χ1v) is 5.09. The van der Waals surface area contributed by atoms with E-state index in [1.165, 1.54) is 6.07 Å². The largest absolute Gasteiger partial charge is 0.330 e. The summed E-state index contributed by atoms with van der Waals surface area (Å²) in [6, 6.07) is 7.01. The fourth-order valence-corrected chi connectivity index (χ4v) is 2.17. The van der Waals surface area contributed by atoms with Crippen molar-refractivity contribution < 1.29 is 4.39 Å². The van der Waals surface area contributed by atoms with Crippen LogP contribution in [-0.2, 0) is 6.42 Å². The van der Waals surface area contributed by atoms with Crippen LogP contribution in [0.5, 0.6) is 0 Å². The molecule has 2 unspecified atom stereocenters. The van der Waals surface area contributed by atoms with E-state index in [0.717, 1.165) is 24.9 Å². The maximum atomic E-state index is 13.3. The smallest absolute Gasteiger partial charge is 0.126 e. The Morgan fingerprint density at radius 1 is 1.50 bits per heavy atom. The van der Waals surface area contributed by atoms with Gasteiger partial charge in [-0.1, -0.05) is 25.1 Å². The van der Waals surface area contributed by atoms with Crippen LogP contribution in [0.4, 0.5) is 4.39 Å². The van der Waals surface area contributed by atoms with Crippen LogP contribution >= 0.6 is 0 Å². The topological polar surface area (TPSA) is 26.0 Å². The molecule has 76 valence electrons. The van der Waals surface area contributed by atoms with Gasteiger partial charge in [-0.05, 0) is 42.3 Å². The van der Waals surface area contributed by atoms with Crippen LogP contribution in [0.25, 0.3) is 0 Å². The lowest BCUT2D eigenvalue weighted by Gasteiger charge is -2.11. The van der Waals surface area contributed by atoms with Crippen molar-refractivity contribution in [1.82, 2.24) is 0 Å². The van der Waals surface area contributed by atoms with Gasteiger partial charge >= 0.3 is 0 Å². The standard InChI is InChI=1S/C12H16FN/c1-12(7-10(12)8-14)6-9-4-2-3-5-11(9)13/h2-5,10H,6-8,14H2,1H3. The second-order valence-corrected chi connectivity index (χ2v) is 4.56. The molecule has 2 N–H and O–H groups in total. The van der Waals surface area contributed by atoms with Crippen LogP contribution in [0.1, 0.15) is 18.9 Å². The molecule has 0 bridgehead atoms. The normalized spacial score (nSPS) is 30.4. The number of hydrogen-bond donors (Lipinski definition) is 1. The Hall–Kier alpha value is -0.890. The molecule has 1 nitrogen and oxygen atoms in total. The Labute approximate surface area is 84.1 Å². The van der Waals surface area contributed by atoms with E-state index in [9.17, 15) is 4.39 Å². The van der Waals surface area contributed by atoms with E-state index < -0.39 is 0 Å². The van der Waals surface area contributed by atoms with Gasteiger partial charge in [-0.2, -0.15) is 0 Å². The summed E-state index contributed by atoms with van der Waals surface area (Å²) in [6.45, 7) is 2.92. The monoisotopic (exact) mass is 193 g/mol. The first-order valence-electron chi connectivity index (χ1n) is 5.09. The molecular formula is C12H16FN. The quantitative estimate of drug-likeness (QED) is 0.783. The molecule has 0 aromatic heterocycles. The summed E-state index contributed by atoms with van der Waals surface area (Å²) in [5.41, 5.74) is 6.68. The lowest BCUT2D eigenvalue weighted by molar-refractivity contribution is 0.486. The van der Waals surface area contributed by atoms with Crippen molar-refractivity contribution in [2.45, 2.75) is 19.8 Å². The van der Waals surface area contributed by atoms with Gasteiger partial charge in [0.05, 0.1) is 0 Å². The van der Waals surface area contributed by atoms with E-state index >= 15 is 0 Å². The average molecular weight is 193 g/mol. The maximum absolute atomic E-state index is 13.3. The summed E-state index contributed by atoms with van der Waals surface area (Å²) < 4.78 is 13.3. The van der Waals surface area contributed by atoms with Crippen molar-refractivity contribution >= 4 is 0 Å². The van der Waals surface area contributed by atoms with Gasteiger partial charge < -0.3 is 5.73 Å². The second kappa shape index (κ2) is 3.35. The number of halogens is 1. The van der Waals surface area contributed by atoms with Crippen LogP contribution in [0, 0.1) is 17.2 Å². The molecule has 2 atom stereocenters. The van der Waals surface area contributed by atoms with Gasteiger partial charge in [0.15, 0.2) is 0 Å². The van der Waals surface area contributed by atoms with E-state index in [2.05, 4.69) is 6.92 Å². The van der Waals surface area contributed by atoms with Crippen molar-refractivity contribution in [1.29, 1.82) is 0 Å². The Bertz CT molecular complexity index is 337. The number of rotatable bonds is 3. The maximum Gasteiger partial charge on any atom is 0.126 e. The highest BCUT2D eigenvalue weighted by Gasteiger charge is 2.48. The van der Waals surface area contributed by atoms with Gasteiger partial charge in [-0.25, -0.2) is 4.39 Å². The number of benzene rings is 1. The Balaban J connectivity index is 2.09. The summed E-state index contributed by atoms with van der Waals surface area (Å²) in [6.07, 6.45) is 1.96. The number of nitrogens with two attached hydrogens (primary N) is 1. The molecule has 0 amide bonds. The summed E-state index contributed by atoms with van der Waals surface area (Å²) in [5.74, 6) is 0.499. The fraction of sp³-hybridized carbons (Fsp3) is 0.500. The van der Waals surface area contributed by atoms with Crippen LogP contribution in [0.3, 0.4) is 0 Å². The zero-order valence-electron chi connectivity index (χ0n) is 8.46. The lowest BCUT2D eigenvalue weighted by atomic mass is 9.96. The molecule has 0 radical (unpaired) electrons. The molecule has 0 heterocycles. The predicted octanol–water partition coefficient (Wildman–Crippen LogP) is 2.35. The first kappa shape index (κ1) is 9.66. The Morgan fingerprint density at radius 3 is 2.79 bits per heavy atom. The van der Waals surface area contributed by atoms with E-state index in [4.69, 9.17) is 5.73 Å². The highest BCUT2D eigenvalue weighted by atomic mass is 19.1. The molecule has 14 heavy (non-hydrogen) atoms. The van der Waals surface area contributed by atoms with Gasteiger partial charge in [-0.15, -0.1) is 0 Å². The van der Waals surface area contributed by atoms with E-state index in [-0.39, 0.29) is 11.2 Å². The highest BCUT2D eigenvalue weighted by molar-refractivity contribution is 5.21. The molecule has 1 saturated carbocycles. The third-order valence-electron chi connectivity index (χ3n) is 3.37. The van der Waals surface area contributed by atoms with Gasteiger partial charge in [0.1, 0.15) is 5.82 Å². The molecular weight excluding hydrogens is 177 g/mol. The molecule has 1 aliphatic carbocycles. The molecule has 1 aromatic carbocycles. The molecule has 0 aliphatic heterocycles. The minimum absolute atomic E-state index is 0.0867. The SMILES string of the molecule is CC1(Cc2ccccc2F)CC1CN. The zero-order valence-corrected chi connectivity index (χ0v) is 8.46. The summed E-state index contributed by atoms with van der Waals surface area (Å²) in [5, 5.41) is 0. The van der Waals surface area contributed by atoms with Crippen molar-refractivity contribution in [2.75, 3.05) is 6.54 Å². The third-order valence-corrected chi connectivity index (χ3v) is 3.37. The molecule has 1 aromatic rings. The summed E-state index contributed by atoms with van der Waals surface area (Å²) in [7, 11) is 0. The molecule has 0 saturated heterocycles. The molecule has 2 rings (SSSR count). The molecule has 2 heteroatoms. The van der Waals surface area contributed by atoms with Gasteiger partial charge in [0.25, 0.3) is 0 Å². The average Bonchev–Trinajstić information content (AvgIpc) is 2.81. The van der Waals surface area contributed by atoms with Crippen molar-refractivity contribution in [3.05, 3.63) is 35.6 Å².